The van der Waals surface area contributed by atoms with Crippen LogP contribution >= 0.6 is 27.5 Å². The summed E-state index contributed by atoms with van der Waals surface area (Å²) in [5, 5.41) is 6.02. The summed E-state index contributed by atoms with van der Waals surface area (Å²) < 4.78 is 6.19. The minimum Gasteiger partial charge on any atom is -0.444 e. The van der Waals surface area contributed by atoms with Crippen molar-refractivity contribution < 1.29 is 14.3 Å². The second kappa shape index (κ2) is 9.24. The highest BCUT2D eigenvalue weighted by Crippen LogP contribution is 2.16. The molecule has 0 fully saturated rings. The minimum atomic E-state index is -0.818. The fourth-order valence-corrected chi connectivity index (χ4v) is 2.80. The van der Waals surface area contributed by atoms with Crippen LogP contribution in [0.25, 0.3) is 0 Å². The molecule has 0 aliphatic carbocycles. The van der Waals surface area contributed by atoms with Crippen LogP contribution in [0.5, 0.6) is 0 Å². The summed E-state index contributed by atoms with van der Waals surface area (Å²) >= 11 is 9.38. The zero-order valence-electron chi connectivity index (χ0n) is 15.4. The molecule has 27 heavy (non-hydrogen) atoms. The Hall–Kier alpha value is -2.05. The van der Waals surface area contributed by atoms with Crippen molar-refractivity contribution >= 4 is 45.2 Å². The van der Waals surface area contributed by atoms with Gasteiger partial charge in [0.2, 0.25) is 5.91 Å². The predicted octanol–water partition coefficient (Wildman–Crippen LogP) is 5.18. The largest absolute Gasteiger partial charge is 0.444 e. The third kappa shape index (κ3) is 7.61. The van der Waals surface area contributed by atoms with Crippen molar-refractivity contribution in [2.24, 2.45) is 0 Å². The van der Waals surface area contributed by atoms with E-state index >= 15 is 0 Å². The van der Waals surface area contributed by atoms with Crippen LogP contribution in [0, 0.1) is 0 Å². The first-order valence-corrected chi connectivity index (χ1v) is 9.60. The van der Waals surface area contributed by atoms with Crippen LogP contribution in [-0.2, 0) is 16.0 Å². The Kier molecular flexibility index (Phi) is 7.27. The van der Waals surface area contributed by atoms with Gasteiger partial charge in [-0.2, -0.15) is 0 Å². The van der Waals surface area contributed by atoms with Crippen molar-refractivity contribution in [2.75, 3.05) is 5.32 Å². The lowest BCUT2D eigenvalue weighted by Gasteiger charge is -2.23. The molecule has 0 aromatic heterocycles. The Morgan fingerprint density at radius 2 is 1.81 bits per heavy atom. The molecule has 0 spiro atoms. The van der Waals surface area contributed by atoms with Crippen LogP contribution in [0.4, 0.5) is 10.5 Å². The zero-order chi connectivity index (χ0) is 20.0. The first-order valence-electron chi connectivity index (χ1n) is 8.43. The Bertz CT molecular complexity index is 804. The maximum atomic E-state index is 12.8. The highest BCUT2D eigenvalue weighted by Gasteiger charge is 2.25. The highest BCUT2D eigenvalue weighted by molar-refractivity contribution is 9.10. The molecule has 0 saturated carbocycles. The molecule has 144 valence electrons. The standard InChI is InChI=1S/C20H22BrClN2O3/c1-20(2,3)27-19(26)24-17(12-13-5-4-6-15(22)11-13)18(25)23-16-9-7-14(21)8-10-16/h4-11,17H,12H2,1-3H3,(H,23,25)(H,24,26). The first-order chi connectivity index (χ1) is 12.6. The number of hydrogen-bond acceptors (Lipinski definition) is 3. The Morgan fingerprint density at radius 1 is 1.15 bits per heavy atom. The number of halogens is 2. The van der Waals surface area contributed by atoms with Crippen LogP contribution in [-0.4, -0.2) is 23.6 Å². The average Bonchev–Trinajstić information content (AvgIpc) is 2.54. The van der Waals surface area contributed by atoms with Crippen molar-refractivity contribution in [2.45, 2.75) is 38.8 Å². The van der Waals surface area contributed by atoms with E-state index in [9.17, 15) is 9.59 Å². The Labute approximate surface area is 172 Å². The third-order valence-corrected chi connectivity index (χ3v) is 4.21. The second-order valence-corrected chi connectivity index (χ2v) is 8.38. The summed E-state index contributed by atoms with van der Waals surface area (Å²) in [7, 11) is 0. The molecule has 2 aromatic carbocycles. The molecule has 7 heteroatoms. The molecule has 0 heterocycles. The number of nitrogens with one attached hydrogen (secondary N) is 2. The van der Waals surface area contributed by atoms with Crippen LogP contribution in [0.2, 0.25) is 5.02 Å². The van der Waals surface area contributed by atoms with Gasteiger partial charge in [0.1, 0.15) is 11.6 Å². The van der Waals surface area contributed by atoms with Crippen LogP contribution in [0.1, 0.15) is 26.3 Å². The number of benzene rings is 2. The molecule has 5 nitrogen and oxygen atoms in total. The van der Waals surface area contributed by atoms with Gasteiger partial charge in [-0.3, -0.25) is 4.79 Å². The number of amides is 2. The summed E-state index contributed by atoms with van der Waals surface area (Å²) in [5.41, 5.74) is 0.798. The third-order valence-electron chi connectivity index (χ3n) is 3.45. The number of carbonyl (C=O) groups excluding carboxylic acids is 2. The molecule has 0 aliphatic rings. The average molecular weight is 454 g/mol. The van der Waals surface area contributed by atoms with E-state index in [4.69, 9.17) is 16.3 Å². The van der Waals surface area contributed by atoms with Crippen molar-refractivity contribution in [1.82, 2.24) is 5.32 Å². The molecule has 1 unspecified atom stereocenters. The predicted molar refractivity (Wildman–Crippen MR) is 111 cm³/mol. The first kappa shape index (κ1) is 21.3. The van der Waals surface area contributed by atoms with Gasteiger partial charge in [0.05, 0.1) is 0 Å². The monoisotopic (exact) mass is 452 g/mol. The second-order valence-electron chi connectivity index (χ2n) is 7.03. The van der Waals surface area contributed by atoms with Crippen LogP contribution < -0.4 is 10.6 Å². The summed E-state index contributed by atoms with van der Waals surface area (Å²) in [5.74, 6) is -0.344. The van der Waals surface area contributed by atoms with Gasteiger partial charge in [0.15, 0.2) is 0 Å². The molecule has 2 aromatic rings. The van der Waals surface area contributed by atoms with Gasteiger partial charge in [-0.25, -0.2) is 4.79 Å². The normalized spacial score (nSPS) is 12.2. The fourth-order valence-electron chi connectivity index (χ4n) is 2.32. The van der Waals surface area contributed by atoms with E-state index in [1.807, 2.05) is 18.2 Å². The number of anilines is 1. The lowest BCUT2D eigenvalue weighted by atomic mass is 10.1. The summed E-state index contributed by atoms with van der Waals surface area (Å²) in [6.07, 6.45) is -0.372. The van der Waals surface area contributed by atoms with Crippen molar-refractivity contribution in [3.8, 4) is 0 Å². The number of rotatable bonds is 5. The molecule has 0 radical (unpaired) electrons. The van der Waals surface area contributed by atoms with Gasteiger partial charge < -0.3 is 15.4 Å². The summed E-state index contributed by atoms with van der Waals surface area (Å²) in [6.45, 7) is 5.29. The number of hydrogen-bond donors (Lipinski definition) is 2. The van der Waals surface area contributed by atoms with E-state index in [1.165, 1.54) is 0 Å². The van der Waals surface area contributed by atoms with Gasteiger partial charge in [-0.15, -0.1) is 0 Å². The van der Waals surface area contributed by atoms with E-state index in [-0.39, 0.29) is 12.3 Å². The summed E-state index contributed by atoms with van der Waals surface area (Å²) in [6, 6.07) is 13.5. The zero-order valence-corrected chi connectivity index (χ0v) is 17.7. The fraction of sp³-hybridized carbons (Fsp3) is 0.300. The van der Waals surface area contributed by atoms with E-state index in [2.05, 4.69) is 26.6 Å². The molecule has 2 amide bonds. The molecule has 2 rings (SSSR count). The number of ether oxygens (including phenoxy) is 1. The molecule has 2 N–H and O–H groups in total. The quantitative estimate of drug-likeness (QED) is 0.656. The van der Waals surface area contributed by atoms with Gasteiger partial charge >= 0.3 is 6.09 Å². The molecule has 0 bridgehead atoms. The van der Waals surface area contributed by atoms with Crippen molar-refractivity contribution in [3.05, 3.63) is 63.6 Å². The smallest absolute Gasteiger partial charge is 0.408 e. The topological polar surface area (TPSA) is 67.4 Å². The highest BCUT2D eigenvalue weighted by atomic mass is 79.9. The number of alkyl carbamates (subject to hydrolysis) is 1. The van der Waals surface area contributed by atoms with E-state index in [1.54, 1.807) is 51.1 Å². The van der Waals surface area contributed by atoms with Gasteiger partial charge in [-0.1, -0.05) is 39.7 Å². The molecule has 0 aliphatic heterocycles. The van der Waals surface area contributed by atoms with Gasteiger partial charge in [-0.05, 0) is 62.7 Å². The van der Waals surface area contributed by atoms with Gasteiger partial charge in [0.25, 0.3) is 0 Å². The van der Waals surface area contributed by atoms with E-state index < -0.39 is 17.7 Å². The van der Waals surface area contributed by atoms with E-state index in [0.29, 0.717) is 10.7 Å². The lowest BCUT2D eigenvalue weighted by molar-refractivity contribution is -0.118. The van der Waals surface area contributed by atoms with Crippen LogP contribution in [0.3, 0.4) is 0 Å². The van der Waals surface area contributed by atoms with Crippen molar-refractivity contribution in [3.63, 3.8) is 0 Å². The minimum absolute atomic E-state index is 0.280. The SMILES string of the molecule is CC(C)(C)OC(=O)NC(Cc1cccc(Cl)c1)C(=O)Nc1ccc(Br)cc1. The maximum Gasteiger partial charge on any atom is 0.408 e. The van der Waals surface area contributed by atoms with Crippen molar-refractivity contribution in [1.29, 1.82) is 0 Å². The molecule has 1 atom stereocenters. The Balaban J connectivity index is 2.15. The maximum absolute atomic E-state index is 12.8. The Morgan fingerprint density at radius 3 is 2.41 bits per heavy atom. The van der Waals surface area contributed by atoms with Crippen LogP contribution in [0.15, 0.2) is 53.0 Å². The van der Waals surface area contributed by atoms with Gasteiger partial charge in [0, 0.05) is 21.6 Å². The molecular weight excluding hydrogens is 432 g/mol. The van der Waals surface area contributed by atoms with E-state index in [0.717, 1.165) is 10.0 Å². The number of carbonyl (C=O) groups is 2. The lowest BCUT2D eigenvalue weighted by Crippen LogP contribution is -2.47. The summed E-state index contributed by atoms with van der Waals surface area (Å²) in [4.78, 5) is 24.9. The molecular formula is C20H22BrClN2O3. The molecule has 0 saturated heterocycles.